The smallest absolute Gasteiger partial charge is 0.230 e. The van der Waals surface area contributed by atoms with Gasteiger partial charge in [-0.25, -0.2) is 0 Å². The lowest BCUT2D eigenvalue weighted by molar-refractivity contribution is -0.126. The van der Waals surface area contributed by atoms with Crippen LogP contribution in [0.25, 0.3) is 0 Å². The minimum atomic E-state index is -0.286. The van der Waals surface area contributed by atoms with Crippen molar-refractivity contribution in [3.8, 4) is 5.75 Å². The van der Waals surface area contributed by atoms with Crippen LogP contribution in [0.4, 0.5) is 5.69 Å². The fourth-order valence-corrected chi connectivity index (χ4v) is 2.63. The number of carbonyl (C=O) groups excluding carboxylic acids is 1. The van der Waals surface area contributed by atoms with Gasteiger partial charge in [0, 0.05) is 17.2 Å². The molecular formula is C14H19BrN2O2. The standard InChI is InChI=1S/C14H19BrN2O2/c1-14(5-7-16-8-6-14)13(18)17-10-3-4-11(15)12(9-10)19-2/h3-4,9,16H,5-8H2,1-2H3,(H,17,18). The molecule has 0 bridgehead atoms. The highest BCUT2D eigenvalue weighted by Gasteiger charge is 2.34. The second-order valence-corrected chi connectivity index (χ2v) is 5.97. The Balaban J connectivity index is 2.10. The molecule has 0 spiro atoms. The summed E-state index contributed by atoms with van der Waals surface area (Å²) in [7, 11) is 1.61. The Morgan fingerprint density at radius 1 is 1.42 bits per heavy atom. The Morgan fingerprint density at radius 3 is 2.74 bits per heavy atom. The highest BCUT2D eigenvalue weighted by Crippen LogP contribution is 2.32. The Labute approximate surface area is 122 Å². The minimum Gasteiger partial charge on any atom is -0.495 e. The zero-order valence-electron chi connectivity index (χ0n) is 11.3. The van der Waals surface area contributed by atoms with Crippen LogP contribution in [0.3, 0.4) is 0 Å². The fourth-order valence-electron chi connectivity index (χ4n) is 2.23. The van der Waals surface area contributed by atoms with E-state index in [0.29, 0.717) is 5.75 Å². The summed E-state index contributed by atoms with van der Waals surface area (Å²) in [6, 6.07) is 5.57. The first kappa shape index (κ1) is 14.3. The van der Waals surface area contributed by atoms with Crippen LogP contribution in [0.1, 0.15) is 19.8 Å². The maximum atomic E-state index is 12.4. The Bertz CT molecular complexity index is 471. The van der Waals surface area contributed by atoms with Crippen LogP contribution in [0.15, 0.2) is 22.7 Å². The lowest BCUT2D eigenvalue weighted by atomic mass is 9.80. The molecule has 5 heteroatoms. The van der Waals surface area contributed by atoms with Crippen LogP contribution in [0.5, 0.6) is 5.75 Å². The Morgan fingerprint density at radius 2 is 2.11 bits per heavy atom. The molecule has 0 aliphatic carbocycles. The zero-order valence-corrected chi connectivity index (χ0v) is 12.8. The molecule has 1 aliphatic heterocycles. The third-order valence-electron chi connectivity index (χ3n) is 3.66. The maximum Gasteiger partial charge on any atom is 0.230 e. The van der Waals surface area contributed by atoms with Gasteiger partial charge in [-0.05, 0) is 54.0 Å². The van der Waals surface area contributed by atoms with Crippen LogP contribution >= 0.6 is 15.9 Å². The highest BCUT2D eigenvalue weighted by atomic mass is 79.9. The van der Waals surface area contributed by atoms with Crippen molar-refractivity contribution < 1.29 is 9.53 Å². The van der Waals surface area contributed by atoms with Crippen LogP contribution < -0.4 is 15.4 Å². The number of ether oxygens (including phenoxy) is 1. The van der Waals surface area contributed by atoms with E-state index >= 15 is 0 Å². The summed E-state index contributed by atoms with van der Waals surface area (Å²) in [6.45, 7) is 3.82. The second-order valence-electron chi connectivity index (χ2n) is 5.11. The molecule has 0 radical (unpaired) electrons. The molecule has 0 saturated carbocycles. The van der Waals surface area contributed by atoms with E-state index in [4.69, 9.17) is 4.74 Å². The molecular weight excluding hydrogens is 308 g/mol. The summed E-state index contributed by atoms with van der Waals surface area (Å²) in [5.41, 5.74) is 0.482. The molecule has 0 atom stereocenters. The summed E-state index contributed by atoms with van der Waals surface area (Å²) < 4.78 is 6.11. The molecule has 19 heavy (non-hydrogen) atoms. The van der Waals surface area contributed by atoms with Crippen molar-refractivity contribution in [2.45, 2.75) is 19.8 Å². The van der Waals surface area contributed by atoms with E-state index in [1.807, 2.05) is 25.1 Å². The first-order chi connectivity index (χ1) is 9.05. The van der Waals surface area contributed by atoms with Crippen molar-refractivity contribution in [2.75, 3.05) is 25.5 Å². The Kier molecular flexibility index (Phi) is 4.47. The maximum absolute atomic E-state index is 12.4. The summed E-state index contributed by atoms with van der Waals surface area (Å²) in [5.74, 6) is 0.798. The number of benzene rings is 1. The number of hydrogen-bond donors (Lipinski definition) is 2. The molecule has 2 rings (SSSR count). The van der Waals surface area contributed by atoms with Crippen molar-refractivity contribution in [3.63, 3.8) is 0 Å². The third-order valence-corrected chi connectivity index (χ3v) is 4.32. The number of amides is 1. The lowest BCUT2D eigenvalue weighted by Gasteiger charge is -2.32. The van der Waals surface area contributed by atoms with Gasteiger partial charge >= 0.3 is 0 Å². The number of carbonyl (C=O) groups is 1. The predicted molar refractivity (Wildman–Crippen MR) is 79.5 cm³/mol. The molecule has 1 aromatic rings. The van der Waals surface area contributed by atoms with Crippen molar-refractivity contribution in [3.05, 3.63) is 22.7 Å². The second kappa shape index (κ2) is 5.92. The highest BCUT2D eigenvalue weighted by molar-refractivity contribution is 9.10. The number of nitrogens with one attached hydrogen (secondary N) is 2. The number of piperidine rings is 1. The van der Waals surface area contributed by atoms with Gasteiger partial charge in [-0.1, -0.05) is 6.92 Å². The van der Waals surface area contributed by atoms with Crippen LogP contribution in [-0.2, 0) is 4.79 Å². The SMILES string of the molecule is COc1cc(NC(=O)C2(C)CCNCC2)ccc1Br. The number of methoxy groups -OCH3 is 1. The molecule has 1 saturated heterocycles. The molecule has 1 amide bonds. The van der Waals surface area contributed by atoms with Crippen molar-refractivity contribution in [1.82, 2.24) is 5.32 Å². The lowest BCUT2D eigenvalue weighted by Crippen LogP contribution is -2.42. The monoisotopic (exact) mass is 326 g/mol. The van der Waals surface area contributed by atoms with E-state index in [2.05, 4.69) is 26.6 Å². The average molecular weight is 327 g/mol. The zero-order chi connectivity index (χ0) is 13.9. The molecule has 0 aromatic heterocycles. The first-order valence-corrected chi connectivity index (χ1v) is 7.20. The Hall–Kier alpha value is -1.07. The van der Waals surface area contributed by atoms with Crippen molar-refractivity contribution in [2.24, 2.45) is 5.41 Å². The van der Waals surface area contributed by atoms with Crippen LogP contribution in [0, 0.1) is 5.41 Å². The van der Waals surface area contributed by atoms with Crippen molar-refractivity contribution >= 4 is 27.5 Å². The molecule has 1 aliphatic rings. The van der Waals surface area contributed by atoms with Gasteiger partial charge in [0.25, 0.3) is 0 Å². The van der Waals surface area contributed by atoms with E-state index in [1.54, 1.807) is 7.11 Å². The normalized spacial score (nSPS) is 17.8. The van der Waals surface area contributed by atoms with E-state index in [-0.39, 0.29) is 11.3 Å². The molecule has 1 heterocycles. The summed E-state index contributed by atoms with van der Waals surface area (Å²) in [4.78, 5) is 12.4. The van der Waals surface area contributed by atoms with Gasteiger partial charge in [0.15, 0.2) is 0 Å². The number of halogens is 1. The van der Waals surface area contributed by atoms with Gasteiger partial charge in [0.05, 0.1) is 11.6 Å². The predicted octanol–water partition coefficient (Wildman–Crippen LogP) is 2.79. The molecule has 4 nitrogen and oxygen atoms in total. The quantitative estimate of drug-likeness (QED) is 0.898. The van der Waals surface area contributed by atoms with Crippen LogP contribution in [0.2, 0.25) is 0 Å². The number of hydrogen-bond acceptors (Lipinski definition) is 3. The van der Waals surface area contributed by atoms with Crippen molar-refractivity contribution in [1.29, 1.82) is 0 Å². The molecule has 0 unspecified atom stereocenters. The van der Waals surface area contributed by atoms with E-state index in [1.165, 1.54) is 0 Å². The largest absolute Gasteiger partial charge is 0.495 e. The topological polar surface area (TPSA) is 50.4 Å². The first-order valence-electron chi connectivity index (χ1n) is 6.41. The van der Waals surface area contributed by atoms with E-state index < -0.39 is 0 Å². The summed E-state index contributed by atoms with van der Waals surface area (Å²) in [5, 5.41) is 6.26. The van der Waals surface area contributed by atoms with E-state index in [0.717, 1.165) is 36.1 Å². The fraction of sp³-hybridized carbons (Fsp3) is 0.500. The third kappa shape index (κ3) is 3.28. The van der Waals surface area contributed by atoms with Gasteiger partial charge in [-0.15, -0.1) is 0 Å². The van der Waals surface area contributed by atoms with Gasteiger partial charge in [-0.2, -0.15) is 0 Å². The average Bonchev–Trinajstić information content (AvgIpc) is 2.41. The van der Waals surface area contributed by atoms with Gasteiger partial charge < -0.3 is 15.4 Å². The molecule has 2 N–H and O–H groups in total. The summed E-state index contributed by atoms with van der Waals surface area (Å²) >= 11 is 3.40. The number of rotatable bonds is 3. The van der Waals surface area contributed by atoms with Gasteiger partial charge in [0.1, 0.15) is 5.75 Å². The van der Waals surface area contributed by atoms with Gasteiger partial charge in [0.2, 0.25) is 5.91 Å². The van der Waals surface area contributed by atoms with Gasteiger partial charge in [-0.3, -0.25) is 4.79 Å². The molecule has 1 fully saturated rings. The minimum absolute atomic E-state index is 0.0818. The molecule has 1 aromatic carbocycles. The number of anilines is 1. The van der Waals surface area contributed by atoms with E-state index in [9.17, 15) is 4.79 Å². The summed E-state index contributed by atoms with van der Waals surface area (Å²) in [6.07, 6.45) is 1.74. The van der Waals surface area contributed by atoms with Crippen LogP contribution in [-0.4, -0.2) is 26.1 Å². The molecule has 104 valence electrons.